The average molecular weight is 272 g/mol. The molecule has 0 bridgehead atoms. The summed E-state index contributed by atoms with van der Waals surface area (Å²) in [6, 6.07) is 3.89. The summed E-state index contributed by atoms with van der Waals surface area (Å²) in [5.74, 6) is 1.77. The van der Waals surface area contributed by atoms with E-state index >= 15 is 0 Å². The summed E-state index contributed by atoms with van der Waals surface area (Å²) in [7, 11) is 0. The van der Waals surface area contributed by atoms with Gasteiger partial charge in [-0.3, -0.25) is 0 Å². The first-order valence-electron chi connectivity index (χ1n) is 6.79. The second kappa shape index (κ2) is 7.37. The van der Waals surface area contributed by atoms with Gasteiger partial charge in [-0.2, -0.15) is 0 Å². The third-order valence-electron chi connectivity index (χ3n) is 2.82. The summed E-state index contributed by atoms with van der Waals surface area (Å²) >= 11 is 0. The summed E-state index contributed by atoms with van der Waals surface area (Å²) in [5.41, 5.74) is 1.95. The van der Waals surface area contributed by atoms with Crippen molar-refractivity contribution < 1.29 is 0 Å². The van der Waals surface area contributed by atoms with Crippen LogP contribution in [0.1, 0.15) is 24.2 Å². The van der Waals surface area contributed by atoms with E-state index in [0.717, 1.165) is 49.0 Å². The highest BCUT2D eigenvalue weighted by atomic mass is 15.0. The number of nitrogens with zero attached hydrogens (tertiary/aromatic N) is 4. The Morgan fingerprint density at radius 1 is 0.750 bits per heavy atom. The Bertz CT molecular complexity index is 493. The van der Waals surface area contributed by atoms with Crippen LogP contribution in [-0.4, -0.2) is 33.0 Å². The lowest BCUT2D eigenvalue weighted by molar-refractivity contribution is 0.790. The molecule has 0 saturated carbocycles. The van der Waals surface area contributed by atoms with Crippen molar-refractivity contribution in [2.75, 3.05) is 23.7 Å². The molecule has 2 heterocycles. The van der Waals surface area contributed by atoms with Gasteiger partial charge in [-0.15, -0.1) is 0 Å². The van der Waals surface area contributed by atoms with Gasteiger partial charge in [-0.25, -0.2) is 19.9 Å². The minimum Gasteiger partial charge on any atom is -0.370 e. The van der Waals surface area contributed by atoms with E-state index in [1.807, 2.05) is 26.0 Å². The first-order chi connectivity index (χ1) is 9.74. The highest BCUT2D eigenvalue weighted by molar-refractivity contribution is 5.35. The number of hydrogen-bond donors (Lipinski definition) is 2. The van der Waals surface area contributed by atoms with Crippen LogP contribution in [0, 0.1) is 13.8 Å². The molecule has 0 fully saturated rings. The lowest BCUT2D eigenvalue weighted by atomic mass is 10.3. The van der Waals surface area contributed by atoms with Gasteiger partial charge < -0.3 is 10.6 Å². The Morgan fingerprint density at radius 2 is 1.20 bits per heavy atom. The Kier molecular flexibility index (Phi) is 5.23. The second-order valence-corrected chi connectivity index (χ2v) is 4.65. The quantitative estimate of drug-likeness (QED) is 0.752. The maximum Gasteiger partial charge on any atom is 0.129 e. The average Bonchev–Trinajstić information content (AvgIpc) is 2.43. The van der Waals surface area contributed by atoms with Gasteiger partial charge in [0.25, 0.3) is 0 Å². The van der Waals surface area contributed by atoms with Gasteiger partial charge in [-0.1, -0.05) is 0 Å². The van der Waals surface area contributed by atoms with E-state index in [9.17, 15) is 0 Å². The van der Waals surface area contributed by atoms with Gasteiger partial charge in [0, 0.05) is 36.6 Å². The summed E-state index contributed by atoms with van der Waals surface area (Å²) in [6.45, 7) is 5.73. The van der Waals surface area contributed by atoms with Crippen molar-refractivity contribution in [3.05, 3.63) is 36.2 Å². The smallest absolute Gasteiger partial charge is 0.129 e. The van der Waals surface area contributed by atoms with E-state index < -0.39 is 0 Å². The van der Waals surface area contributed by atoms with Crippen molar-refractivity contribution in [1.82, 2.24) is 19.9 Å². The molecule has 0 aliphatic heterocycles. The second-order valence-electron chi connectivity index (χ2n) is 4.65. The Balaban J connectivity index is 1.60. The minimum absolute atomic E-state index is 0.886. The van der Waals surface area contributed by atoms with Gasteiger partial charge >= 0.3 is 0 Å². The van der Waals surface area contributed by atoms with Crippen LogP contribution in [0.15, 0.2) is 24.8 Å². The summed E-state index contributed by atoms with van der Waals surface area (Å²) < 4.78 is 0. The van der Waals surface area contributed by atoms with E-state index in [1.54, 1.807) is 12.7 Å². The Labute approximate surface area is 119 Å². The topological polar surface area (TPSA) is 75.6 Å². The molecular formula is C14H20N6. The van der Waals surface area contributed by atoms with Crippen molar-refractivity contribution in [2.45, 2.75) is 26.7 Å². The van der Waals surface area contributed by atoms with Crippen LogP contribution in [-0.2, 0) is 0 Å². The van der Waals surface area contributed by atoms with Gasteiger partial charge in [0.2, 0.25) is 0 Å². The molecule has 0 amide bonds. The van der Waals surface area contributed by atoms with Crippen molar-refractivity contribution in [3.63, 3.8) is 0 Å². The van der Waals surface area contributed by atoms with Crippen molar-refractivity contribution in [2.24, 2.45) is 0 Å². The maximum absolute atomic E-state index is 4.16. The number of aromatic nitrogens is 4. The Morgan fingerprint density at radius 3 is 1.60 bits per heavy atom. The van der Waals surface area contributed by atoms with Crippen LogP contribution in [0.25, 0.3) is 0 Å². The highest BCUT2D eigenvalue weighted by Crippen LogP contribution is 2.04. The van der Waals surface area contributed by atoms with Crippen LogP contribution in [0.5, 0.6) is 0 Å². The summed E-state index contributed by atoms with van der Waals surface area (Å²) in [6.07, 6.45) is 5.30. The molecule has 0 aromatic carbocycles. The predicted molar refractivity (Wildman–Crippen MR) is 79.8 cm³/mol. The van der Waals surface area contributed by atoms with Crippen LogP contribution in [0.3, 0.4) is 0 Å². The van der Waals surface area contributed by atoms with E-state index in [2.05, 4.69) is 30.6 Å². The zero-order valence-electron chi connectivity index (χ0n) is 11.9. The number of anilines is 2. The fourth-order valence-corrected chi connectivity index (χ4v) is 1.79. The highest BCUT2D eigenvalue weighted by Gasteiger charge is 1.96. The third kappa shape index (κ3) is 4.79. The molecule has 0 spiro atoms. The van der Waals surface area contributed by atoms with Crippen LogP contribution < -0.4 is 10.6 Å². The predicted octanol–water partition coefficient (Wildman–Crippen LogP) is 2.19. The molecule has 2 N–H and O–H groups in total. The molecular weight excluding hydrogens is 252 g/mol. The zero-order chi connectivity index (χ0) is 14.2. The lowest BCUT2D eigenvalue weighted by Gasteiger charge is -2.07. The van der Waals surface area contributed by atoms with E-state index in [4.69, 9.17) is 0 Å². The van der Waals surface area contributed by atoms with E-state index in [0.29, 0.717) is 0 Å². The normalized spacial score (nSPS) is 10.3. The van der Waals surface area contributed by atoms with Crippen molar-refractivity contribution in [1.29, 1.82) is 0 Å². The number of hydrogen-bond acceptors (Lipinski definition) is 6. The zero-order valence-corrected chi connectivity index (χ0v) is 11.9. The van der Waals surface area contributed by atoms with Gasteiger partial charge in [0.05, 0.1) is 0 Å². The number of nitrogens with one attached hydrogen (secondary N) is 2. The molecule has 0 aliphatic rings. The van der Waals surface area contributed by atoms with Crippen LogP contribution in [0.4, 0.5) is 11.6 Å². The molecule has 20 heavy (non-hydrogen) atoms. The van der Waals surface area contributed by atoms with E-state index in [-0.39, 0.29) is 0 Å². The monoisotopic (exact) mass is 272 g/mol. The fraction of sp³-hybridized carbons (Fsp3) is 0.429. The van der Waals surface area contributed by atoms with E-state index in [1.165, 1.54) is 0 Å². The molecule has 0 unspecified atom stereocenters. The molecule has 2 rings (SSSR count). The van der Waals surface area contributed by atoms with Crippen LogP contribution >= 0.6 is 0 Å². The van der Waals surface area contributed by atoms with Gasteiger partial charge in [0.1, 0.15) is 24.3 Å². The maximum atomic E-state index is 4.16. The first kappa shape index (κ1) is 14.2. The fourth-order valence-electron chi connectivity index (χ4n) is 1.79. The number of rotatable bonds is 7. The molecule has 0 atom stereocenters. The molecule has 0 aliphatic carbocycles. The van der Waals surface area contributed by atoms with Crippen LogP contribution in [0.2, 0.25) is 0 Å². The largest absolute Gasteiger partial charge is 0.370 e. The molecule has 0 saturated heterocycles. The number of unbranched alkanes of at least 4 members (excludes halogenated alkanes) is 1. The van der Waals surface area contributed by atoms with Gasteiger partial charge in [-0.05, 0) is 26.7 Å². The SMILES string of the molecule is Cc1cc(NCCCCNc2cc(C)ncn2)ncn1. The standard InChI is InChI=1S/C14H20N6/c1-11-7-13(19-9-17-11)15-5-3-4-6-16-14-8-12(2)18-10-20-14/h7-10H,3-6H2,1-2H3,(H,15,17,19)(H,16,18,20). The van der Waals surface area contributed by atoms with Crippen molar-refractivity contribution in [3.8, 4) is 0 Å². The summed E-state index contributed by atoms with van der Waals surface area (Å²) in [4.78, 5) is 16.4. The minimum atomic E-state index is 0.886. The van der Waals surface area contributed by atoms with Gasteiger partial charge in [0.15, 0.2) is 0 Å². The lowest BCUT2D eigenvalue weighted by Crippen LogP contribution is -2.08. The molecule has 6 nitrogen and oxygen atoms in total. The first-order valence-corrected chi connectivity index (χ1v) is 6.79. The third-order valence-corrected chi connectivity index (χ3v) is 2.82. The molecule has 0 radical (unpaired) electrons. The molecule has 6 heteroatoms. The van der Waals surface area contributed by atoms with Crippen molar-refractivity contribution >= 4 is 11.6 Å². The molecule has 106 valence electrons. The summed E-state index contributed by atoms with van der Waals surface area (Å²) in [5, 5.41) is 6.58. The molecule has 2 aromatic rings. The number of aryl methyl sites for hydroxylation is 2. The Hall–Kier alpha value is -2.24. The molecule has 2 aromatic heterocycles.